The molecule has 0 aliphatic rings. The molecule has 152 valence electrons. The predicted molar refractivity (Wildman–Crippen MR) is 105 cm³/mol. The maximum absolute atomic E-state index is 11.1. The van der Waals surface area contributed by atoms with Crippen molar-refractivity contribution in [2.75, 3.05) is 0 Å². The first-order valence-corrected chi connectivity index (χ1v) is 12.0. The average molecular weight is 417 g/mol. The van der Waals surface area contributed by atoms with Crippen molar-refractivity contribution in [1.82, 2.24) is 0 Å². The van der Waals surface area contributed by atoms with Gasteiger partial charge in [0.05, 0.1) is 16.2 Å². The SMILES string of the molecule is CCCCCCCCCCC(O)CCCCCC(CCC)S(=O)(=O)[O-].[K+]. The molecule has 0 amide bonds. The van der Waals surface area contributed by atoms with Crippen molar-refractivity contribution in [3.63, 3.8) is 0 Å². The minimum absolute atomic E-state index is 0. The fraction of sp³-hybridized carbons (Fsp3) is 1.00. The molecule has 0 radical (unpaired) electrons. The Labute approximate surface area is 205 Å². The fourth-order valence-electron chi connectivity index (χ4n) is 3.34. The summed E-state index contributed by atoms with van der Waals surface area (Å²) in [6, 6.07) is 0. The van der Waals surface area contributed by atoms with E-state index < -0.39 is 15.4 Å². The first-order chi connectivity index (χ1) is 11.9. The molecule has 0 aromatic carbocycles. The van der Waals surface area contributed by atoms with E-state index in [0.29, 0.717) is 12.8 Å². The molecule has 2 atom stereocenters. The van der Waals surface area contributed by atoms with Gasteiger partial charge in [-0.25, -0.2) is 8.42 Å². The molecule has 0 aliphatic heterocycles. The van der Waals surface area contributed by atoms with Crippen molar-refractivity contribution >= 4 is 10.1 Å². The van der Waals surface area contributed by atoms with E-state index in [0.717, 1.165) is 44.9 Å². The molecule has 6 heteroatoms. The van der Waals surface area contributed by atoms with Crippen LogP contribution < -0.4 is 51.4 Å². The third-order valence-corrected chi connectivity index (χ3v) is 6.26. The molecule has 1 N–H and O–H groups in total. The molecule has 2 unspecified atom stereocenters. The summed E-state index contributed by atoms with van der Waals surface area (Å²) < 4.78 is 33.4. The van der Waals surface area contributed by atoms with Gasteiger partial charge in [0.15, 0.2) is 0 Å². The molecule has 0 aromatic heterocycles. The molecular weight excluding hydrogens is 375 g/mol. The van der Waals surface area contributed by atoms with Gasteiger partial charge >= 0.3 is 51.4 Å². The summed E-state index contributed by atoms with van der Waals surface area (Å²) in [5.74, 6) is 0. The Kier molecular flexibility index (Phi) is 22.6. The minimum atomic E-state index is -4.16. The van der Waals surface area contributed by atoms with Gasteiger partial charge in [-0.2, -0.15) is 0 Å². The molecule has 4 nitrogen and oxygen atoms in total. The molecule has 0 aliphatic carbocycles. The van der Waals surface area contributed by atoms with E-state index in [1.54, 1.807) is 0 Å². The second-order valence-electron chi connectivity index (χ2n) is 7.46. The monoisotopic (exact) mass is 416 g/mol. The number of hydrogen-bond donors (Lipinski definition) is 1. The topological polar surface area (TPSA) is 77.4 Å². The van der Waals surface area contributed by atoms with E-state index in [9.17, 15) is 18.1 Å². The zero-order valence-electron chi connectivity index (χ0n) is 17.5. The summed E-state index contributed by atoms with van der Waals surface area (Å²) in [5, 5.41) is 9.28. The number of hydrogen-bond acceptors (Lipinski definition) is 4. The zero-order valence-corrected chi connectivity index (χ0v) is 21.5. The molecule has 0 rings (SSSR count). The van der Waals surface area contributed by atoms with Crippen LogP contribution in [0.25, 0.3) is 0 Å². The van der Waals surface area contributed by atoms with Crippen molar-refractivity contribution in [2.45, 2.75) is 128 Å². The van der Waals surface area contributed by atoms with Gasteiger partial charge in [0.1, 0.15) is 0 Å². The van der Waals surface area contributed by atoms with Gasteiger partial charge in [-0.05, 0) is 25.7 Å². The maximum Gasteiger partial charge on any atom is 1.00 e. The van der Waals surface area contributed by atoms with Gasteiger partial charge in [-0.1, -0.05) is 90.9 Å². The van der Waals surface area contributed by atoms with Crippen LogP contribution in [-0.4, -0.2) is 29.4 Å². The smallest absolute Gasteiger partial charge is 0.748 e. The third kappa shape index (κ3) is 18.9. The molecule has 26 heavy (non-hydrogen) atoms. The van der Waals surface area contributed by atoms with Crippen LogP contribution in [0.15, 0.2) is 0 Å². The standard InChI is InChI=1S/C20H42O4S.K/c1-3-5-6-7-8-9-10-12-16-19(21)17-13-11-14-18-20(15-4-2)25(22,23)24;/h19-21H,3-18H2,1-2H3,(H,22,23,24);/q;+1/p-1. The first kappa shape index (κ1) is 29.7. The number of unbranched alkanes of at least 4 members (excludes halogenated alkanes) is 9. The van der Waals surface area contributed by atoms with Crippen LogP contribution in [-0.2, 0) is 10.1 Å². The van der Waals surface area contributed by atoms with Crippen molar-refractivity contribution in [1.29, 1.82) is 0 Å². The Balaban J connectivity index is 0. The average Bonchev–Trinajstić information content (AvgIpc) is 2.55. The number of aliphatic hydroxyl groups is 1. The van der Waals surface area contributed by atoms with E-state index in [1.165, 1.54) is 44.9 Å². The molecule has 0 saturated heterocycles. The van der Waals surface area contributed by atoms with Crippen LogP contribution in [0.4, 0.5) is 0 Å². The van der Waals surface area contributed by atoms with Crippen LogP contribution in [0.3, 0.4) is 0 Å². The third-order valence-electron chi connectivity index (χ3n) is 4.97. The Morgan fingerprint density at radius 3 is 1.58 bits per heavy atom. The van der Waals surface area contributed by atoms with Crippen molar-refractivity contribution in [2.24, 2.45) is 0 Å². The summed E-state index contributed by atoms with van der Waals surface area (Å²) in [7, 11) is -4.16. The summed E-state index contributed by atoms with van der Waals surface area (Å²) in [6.07, 6.45) is 15.9. The minimum Gasteiger partial charge on any atom is -0.748 e. The van der Waals surface area contributed by atoms with Crippen LogP contribution in [0.5, 0.6) is 0 Å². The Morgan fingerprint density at radius 1 is 0.692 bits per heavy atom. The van der Waals surface area contributed by atoms with E-state index >= 15 is 0 Å². The predicted octanol–water partition coefficient (Wildman–Crippen LogP) is 2.55. The Hall–Kier alpha value is 1.51. The van der Waals surface area contributed by atoms with Crippen LogP contribution in [0, 0.1) is 0 Å². The van der Waals surface area contributed by atoms with Crippen LogP contribution in [0.1, 0.15) is 117 Å². The van der Waals surface area contributed by atoms with Gasteiger partial charge in [0, 0.05) is 5.25 Å². The fourth-order valence-corrected chi connectivity index (χ4v) is 4.32. The summed E-state index contributed by atoms with van der Waals surface area (Å²) in [5.41, 5.74) is 0. The molecule has 0 spiro atoms. The first-order valence-electron chi connectivity index (χ1n) is 10.5. The summed E-state index contributed by atoms with van der Waals surface area (Å²) in [6.45, 7) is 4.14. The maximum atomic E-state index is 11.1. The van der Waals surface area contributed by atoms with Crippen LogP contribution in [0.2, 0.25) is 0 Å². The Bertz CT molecular complexity index is 387. The van der Waals surface area contributed by atoms with Crippen LogP contribution >= 0.6 is 0 Å². The van der Waals surface area contributed by atoms with E-state index in [1.807, 2.05) is 6.92 Å². The Morgan fingerprint density at radius 2 is 1.12 bits per heavy atom. The summed E-state index contributed by atoms with van der Waals surface area (Å²) >= 11 is 0. The van der Waals surface area contributed by atoms with Crippen molar-refractivity contribution in [3.05, 3.63) is 0 Å². The van der Waals surface area contributed by atoms with E-state index in [4.69, 9.17) is 0 Å². The van der Waals surface area contributed by atoms with Gasteiger partial charge in [0.25, 0.3) is 0 Å². The van der Waals surface area contributed by atoms with Gasteiger partial charge < -0.3 is 9.66 Å². The largest absolute Gasteiger partial charge is 1.00 e. The molecule has 0 saturated carbocycles. The molecule has 0 aromatic rings. The number of rotatable bonds is 18. The van der Waals surface area contributed by atoms with E-state index in [-0.39, 0.29) is 57.5 Å². The molecule has 0 heterocycles. The van der Waals surface area contributed by atoms with Gasteiger partial charge in [-0.15, -0.1) is 0 Å². The zero-order chi connectivity index (χ0) is 19.0. The summed E-state index contributed by atoms with van der Waals surface area (Å²) in [4.78, 5) is 0. The molecule has 0 fully saturated rings. The second kappa shape index (κ2) is 19.8. The van der Waals surface area contributed by atoms with Gasteiger partial charge in [-0.3, -0.25) is 0 Å². The molecular formula is C20H41KO4S. The van der Waals surface area contributed by atoms with Crippen molar-refractivity contribution in [3.8, 4) is 0 Å². The quantitative estimate of drug-likeness (QED) is 0.212. The second-order valence-corrected chi connectivity index (χ2v) is 9.11. The number of aliphatic hydroxyl groups excluding tert-OH is 1. The van der Waals surface area contributed by atoms with E-state index in [2.05, 4.69) is 6.92 Å². The molecule has 0 bridgehead atoms. The normalized spacial score (nSPS) is 14.0. The van der Waals surface area contributed by atoms with Gasteiger partial charge in [0.2, 0.25) is 0 Å². The van der Waals surface area contributed by atoms with Crippen molar-refractivity contribution < 1.29 is 69.5 Å².